The summed E-state index contributed by atoms with van der Waals surface area (Å²) in [6.45, 7) is 1.90. The molecule has 2 atom stereocenters. The van der Waals surface area contributed by atoms with Crippen LogP contribution in [0.15, 0.2) is 72.1 Å². The van der Waals surface area contributed by atoms with E-state index in [1.807, 2.05) is 67.6 Å². The first-order chi connectivity index (χ1) is 12.7. The van der Waals surface area contributed by atoms with Gasteiger partial charge in [0, 0.05) is 0 Å². The van der Waals surface area contributed by atoms with Crippen LogP contribution in [0.2, 0.25) is 0 Å². The van der Waals surface area contributed by atoms with Gasteiger partial charge in [0.25, 0.3) is 8.38 Å². The number of allylic oxidation sites excluding steroid dienone is 1. The minimum absolute atomic E-state index is 0.0805. The quantitative estimate of drug-likeness (QED) is 0.608. The SMILES string of the molecule is CCC(N)/C(F)=C1\CCCC1P(Oc1ccccc1)Oc1ccccc1. The molecule has 26 heavy (non-hydrogen) atoms. The maximum Gasteiger partial charge on any atom is 0.298 e. The highest BCUT2D eigenvalue weighted by Gasteiger charge is 2.37. The standard InChI is InChI=1S/C21H25FNO2P/c1-2-19(23)21(22)18-14-9-15-20(18)26(24-16-10-5-3-6-11-16)25-17-12-7-4-8-13-17/h3-8,10-13,19-20H,2,9,14-15,23H2,1H3/b21-18-. The number of benzene rings is 2. The zero-order valence-electron chi connectivity index (χ0n) is 15.0. The first kappa shape index (κ1) is 18.9. The smallest absolute Gasteiger partial charge is 0.298 e. The van der Waals surface area contributed by atoms with Gasteiger partial charge in [-0.3, -0.25) is 0 Å². The fraction of sp³-hybridized carbons (Fsp3) is 0.333. The lowest BCUT2D eigenvalue weighted by Crippen LogP contribution is -2.23. The zero-order valence-corrected chi connectivity index (χ0v) is 15.9. The van der Waals surface area contributed by atoms with Crippen molar-refractivity contribution in [1.82, 2.24) is 0 Å². The van der Waals surface area contributed by atoms with E-state index < -0.39 is 14.4 Å². The topological polar surface area (TPSA) is 44.5 Å². The first-order valence-electron chi connectivity index (χ1n) is 9.08. The van der Waals surface area contributed by atoms with E-state index in [0.29, 0.717) is 6.42 Å². The number of hydrogen-bond donors (Lipinski definition) is 1. The molecule has 2 aromatic rings. The molecule has 0 spiro atoms. The third-order valence-electron chi connectivity index (χ3n) is 4.53. The molecule has 0 heterocycles. The summed E-state index contributed by atoms with van der Waals surface area (Å²) in [5.74, 6) is 1.29. The van der Waals surface area contributed by atoms with Crippen LogP contribution in [0, 0.1) is 0 Å². The fourth-order valence-corrected chi connectivity index (χ4v) is 4.92. The van der Waals surface area contributed by atoms with Crippen molar-refractivity contribution in [3.63, 3.8) is 0 Å². The molecule has 0 aliphatic heterocycles. The van der Waals surface area contributed by atoms with Crippen molar-refractivity contribution in [2.45, 2.75) is 44.3 Å². The summed E-state index contributed by atoms with van der Waals surface area (Å²) in [6.07, 6.45) is 3.09. The Morgan fingerprint density at radius 2 is 1.62 bits per heavy atom. The summed E-state index contributed by atoms with van der Waals surface area (Å²) >= 11 is 0. The molecule has 0 saturated heterocycles. The summed E-state index contributed by atoms with van der Waals surface area (Å²) in [6, 6.07) is 18.6. The van der Waals surface area contributed by atoms with Gasteiger partial charge in [-0.2, -0.15) is 0 Å². The molecule has 1 saturated carbocycles. The number of hydrogen-bond acceptors (Lipinski definition) is 3. The number of halogens is 1. The van der Waals surface area contributed by atoms with Crippen molar-refractivity contribution in [2.24, 2.45) is 5.73 Å². The molecular weight excluding hydrogens is 348 g/mol. The molecular formula is C21H25FNO2P. The lowest BCUT2D eigenvalue weighted by atomic mass is 10.1. The Hall–Kier alpha value is -1.90. The van der Waals surface area contributed by atoms with E-state index in [2.05, 4.69) is 0 Å². The summed E-state index contributed by atoms with van der Waals surface area (Å²) in [5.41, 5.74) is 6.65. The van der Waals surface area contributed by atoms with E-state index >= 15 is 0 Å². The molecule has 0 amide bonds. The second-order valence-corrected chi connectivity index (χ2v) is 7.95. The summed E-state index contributed by atoms with van der Waals surface area (Å²) in [5, 5.41) is 0. The molecule has 0 radical (unpaired) electrons. The third-order valence-corrected chi connectivity index (χ3v) is 6.39. The molecule has 138 valence electrons. The molecule has 0 bridgehead atoms. The van der Waals surface area contributed by atoms with Crippen LogP contribution in [0.4, 0.5) is 4.39 Å². The molecule has 5 heteroatoms. The monoisotopic (exact) mass is 373 g/mol. The van der Waals surface area contributed by atoms with Gasteiger partial charge in [0.05, 0.1) is 11.7 Å². The maximum atomic E-state index is 14.8. The van der Waals surface area contributed by atoms with E-state index in [0.717, 1.165) is 36.3 Å². The van der Waals surface area contributed by atoms with Gasteiger partial charge < -0.3 is 14.8 Å². The highest BCUT2D eigenvalue weighted by atomic mass is 31.2. The first-order valence-corrected chi connectivity index (χ1v) is 10.3. The van der Waals surface area contributed by atoms with Crippen molar-refractivity contribution < 1.29 is 13.4 Å². The van der Waals surface area contributed by atoms with Crippen LogP contribution in [0.1, 0.15) is 32.6 Å². The van der Waals surface area contributed by atoms with E-state index in [1.165, 1.54) is 0 Å². The summed E-state index contributed by atoms with van der Waals surface area (Å²) in [7, 11) is -1.37. The molecule has 2 N–H and O–H groups in total. The molecule has 2 unspecified atom stereocenters. The zero-order chi connectivity index (χ0) is 18.4. The summed E-state index contributed by atoms with van der Waals surface area (Å²) < 4.78 is 27.2. The molecule has 3 nitrogen and oxygen atoms in total. The van der Waals surface area contributed by atoms with Gasteiger partial charge >= 0.3 is 0 Å². The minimum Gasteiger partial charge on any atom is -0.438 e. The van der Waals surface area contributed by atoms with Crippen molar-refractivity contribution in [2.75, 3.05) is 0 Å². The minimum atomic E-state index is -1.37. The van der Waals surface area contributed by atoms with Crippen LogP contribution in [-0.4, -0.2) is 11.7 Å². The Kier molecular flexibility index (Phi) is 6.65. The molecule has 0 aromatic heterocycles. The van der Waals surface area contributed by atoms with Crippen LogP contribution in [0.5, 0.6) is 11.5 Å². The lowest BCUT2D eigenvalue weighted by Gasteiger charge is -2.25. The van der Waals surface area contributed by atoms with Crippen LogP contribution < -0.4 is 14.8 Å². The maximum absolute atomic E-state index is 14.8. The largest absolute Gasteiger partial charge is 0.438 e. The Labute approximate surface area is 155 Å². The Morgan fingerprint density at radius 1 is 1.08 bits per heavy atom. The molecule has 1 fully saturated rings. The molecule has 2 aromatic carbocycles. The van der Waals surface area contributed by atoms with E-state index in [4.69, 9.17) is 14.8 Å². The van der Waals surface area contributed by atoms with E-state index in [1.54, 1.807) is 0 Å². The van der Waals surface area contributed by atoms with Crippen molar-refractivity contribution in [3.8, 4) is 11.5 Å². The number of para-hydroxylation sites is 2. The molecule has 1 aliphatic rings. The number of rotatable bonds is 7. The van der Waals surface area contributed by atoms with Crippen LogP contribution in [-0.2, 0) is 0 Å². The van der Waals surface area contributed by atoms with Gasteiger partial charge in [0.1, 0.15) is 17.3 Å². The highest BCUT2D eigenvalue weighted by molar-refractivity contribution is 7.49. The Balaban J connectivity index is 1.88. The van der Waals surface area contributed by atoms with Gasteiger partial charge in [-0.25, -0.2) is 4.39 Å². The Morgan fingerprint density at radius 3 is 2.12 bits per heavy atom. The van der Waals surface area contributed by atoms with Gasteiger partial charge in [0.2, 0.25) is 0 Å². The normalized spacial score (nSPS) is 20.1. The van der Waals surface area contributed by atoms with E-state index in [-0.39, 0.29) is 11.5 Å². The van der Waals surface area contributed by atoms with Gasteiger partial charge in [0.15, 0.2) is 0 Å². The van der Waals surface area contributed by atoms with Crippen LogP contribution >= 0.6 is 8.38 Å². The third kappa shape index (κ3) is 4.63. The molecule has 1 aliphatic carbocycles. The highest BCUT2D eigenvalue weighted by Crippen LogP contribution is 2.53. The number of nitrogens with two attached hydrogens (primary N) is 1. The van der Waals surface area contributed by atoms with Gasteiger partial charge in [-0.05, 0) is 55.5 Å². The predicted molar refractivity (Wildman–Crippen MR) is 105 cm³/mol. The van der Waals surface area contributed by atoms with Crippen molar-refractivity contribution >= 4 is 8.38 Å². The van der Waals surface area contributed by atoms with Gasteiger partial charge in [-0.1, -0.05) is 43.3 Å². The van der Waals surface area contributed by atoms with Gasteiger partial charge in [-0.15, -0.1) is 0 Å². The van der Waals surface area contributed by atoms with Crippen molar-refractivity contribution in [1.29, 1.82) is 0 Å². The predicted octanol–water partition coefficient (Wildman–Crippen LogP) is 5.97. The van der Waals surface area contributed by atoms with Crippen LogP contribution in [0.25, 0.3) is 0 Å². The molecule has 3 rings (SSSR count). The van der Waals surface area contributed by atoms with Crippen LogP contribution in [0.3, 0.4) is 0 Å². The lowest BCUT2D eigenvalue weighted by molar-refractivity contribution is 0.473. The van der Waals surface area contributed by atoms with E-state index in [9.17, 15) is 4.39 Å². The average Bonchev–Trinajstić information content (AvgIpc) is 3.17. The second-order valence-electron chi connectivity index (χ2n) is 6.39. The second kappa shape index (κ2) is 9.16. The average molecular weight is 373 g/mol. The fourth-order valence-electron chi connectivity index (χ4n) is 3.07. The van der Waals surface area contributed by atoms with Crippen molar-refractivity contribution in [3.05, 3.63) is 72.1 Å². The Bertz CT molecular complexity index is 682. The summed E-state index contributed by atoms with van der Waals surface area (Å²) in [4.78, 5) is 0.